The van der Waals surface area contributed by atoms with Crippen molar-refractivity contribution in [1.29, 1.82) is 0 Å². The Labute approximate surface area is 208 Å². The van der Waals surface area contributed by atoms with Crippen molar-refractivity contribution in [1.82, 2.24) is 4.90 Å². The zero-order valence-corrected chi connectivity index (χ0v) is 20.8. The number of halogens is 3. The SMILES string of the molecule is CCCCN(C=O)C(=O)OC(C)(C)C.COc1ccc(Oc2ccc(C(F)(F)F)cc2)cc1NC=O. The molecule has 0 bridgehead atoms. The fourth-order valence-electron chi connectivity index (χ4n) is 2.61. The zero-order valence-electron chi connectivity index (χ0n) is 20.8. The van der Waals surface area contributed by atoms with E-state index in [1.54, 1.807) is 32.9 Å². The molecule has 8 nitrogen and oxygen atoms in total. The van der Waals surface area contributed by atoms with Crippen LogP contribution < -0.4 is 14.8 Å². The molecular weight excluding hydrogens is 481 g/mol. The molecule has 0 atom stereocenters. The van der Waals surface area contributed by atoms with Crippen LogP contribution in [0.1, 0.15) is 46.1 Å². The fraction of sp³-hybridized carbons (Fsp3) is 0.400. The number of alkyl halides is 3. The van der Waals surface area contributed by atoms with E-state index >= 15 is 0 Å². The van der Waals surface area contributed by atoms with E-state index in [9.17, 15) is 27.6 Å². The predicted octanol–water partition coefficient (Wildman–Crippen LogP) is 6.25. The summed E-state index contributed by atoms with van der Waals surface area (Å²) in [7, 11) is 1.45. The molecule has 2 aromatic carbocycles. The summed E-state index contributed by atoms with van der Waals surface area (Å²) >= 11 is 0. The average Bonchev–Trinajstić information content (AvgIpc) is 2.79. The van der Waals surface area contributed by atoms with Crippen LogP contribution in [0.2, 0.25) is 0 Å². The number of anilines is 1. The Balaban J connectivity index is 0.000000402. The minimum absolute atomic E-state index is 0.246. The molecule has 0 spiro atoms. The van der Waals surface area contributed by atoms with E-state index in [0.717, 1.165) is 29.9 Å². The second-order valence-electron chi connectivity index (χ2n) is 8.38. The van der Waals surface area contributed by atoms with Crippen molar-refractivity contribution in [3.8, 4) is 17.2 Å². The Morgan fingerprint density at radius 1 is 1.03 bits per heavy atom. The molecule has 198 valence electrons. The molecule has 0 heterocycles. The fourth-order valence-corrected chi connectivity index (χ4v) is 2.61. The van der Waals surface area contributed by atoms with Crippen molar-refractivity contribution in [3.05, 3.63) is 48.0 Å². The standard InChI is InChI=1S/C15H12F3NO3.C10H19NO3/c1-21-14-7-6-12(8-13(14)19-9-20)22-11-4-2-10(3-5-11)15(16,17)18;1-5-6-7-11(8-12)9(13)14-10(2,3)4/h2-9H,1H3,(H,19,20);8H,5-7H2,1-4H3. The van der Waals surface area contributed by atoms with E-state index in [4.69, 9.17) is 14.2 Å². The summed E-state index contributed by atoms with van der Waals surface area (Å²) in [5, 5.41) is 2.45. The highest BCUT2D eigenvalue weighted by Crippen LogP contribution is 2.33. The molecule has 0 saturated carbocycles. The lowest BCUT2D eigenvalue weighted by atomic mass is 10.2. The van der Waals surface area contributed by atoms with Crippen molar-refractivity contribution in [3.63, 3.8) is 0 Å². The molecule has 0 saturated heterocycles. The third-order valence-electron chi connectivity index (χ3n) is 4.31. The lowest BCUT2D eigenvalue weighted by molar-refractivity contribution is -0.137. The molecule has 0 unspecified atom stereocenters. The number of ether oxygens (including phenoxy) is 3. The number of hydrogen-bond acceptors (Lipinski definition) is 6. The minimum atomic E-state index is -4.39. The number of carbonyl (C=O) groups is 3. The molecule has 0 radical (unpaired) electrons. The summed E-state index contributed by atoms with van der Waals surface area (Å²) in [4.78, 5) is 33.5. The van der Waals surface area contributed by atoms with Crippen molar-refractivity contribution in [2.24, 2.45) is 0 Å². The molecule has 0 aliphatic heterocycles. The molecule has 11 heteroatoms. The van der Waals surface area contributed by atoms with Gasteiger partial charge >= 0.3 is 12.3 Å². The number of imide groups is 1. The number of unbranched alkanes of at least 4 members (excludes halogenated alkanes) is 1. The Kier molecular flexibility index (Phi) is 11.7. The first kappa shape index (κ1) is 30.3. The summed E-state index contributed by atoms with van der Waals surface area (Å²) in [6.45, 7) is 7.74. The summed E-state index contributed by atoms with van der Waals surface area (Å²) in [5.74, 6) is 1.03. The van der Waals surface area contributed by atoms with Gasteiger partial charge in [-0.1, -0.05) is 13.3 Å². The van der Waals surface area contributed by atoms with Gasteiger partial charge in [0.2, 0.25) is 12.8 Å². The molecule has 3 amide bonds. The second kappa shape index (κ2) is 14.0. The van der Waals surface area contributed by atoms with Crippen LogP contribution in [0, 0.1) is 0 Å². The van der Waals surface area contributed by atoms with Crippen LogP contribution in [0.3, 0.4) is 0 Å². The lowest BCUT2D eigenvalue weighted by Crippen LogP contribution is -2.36. The first-order chi connectivity index (χ1) is 16.8. The Morgan fingerprint density at radius 2 is 1.64 bits per heavy atom. The van der Waals surface area contributed by atoms with Crippen LogP contribution in [-0.2, 0) is 20.5 Å². The number of hydrogen-bond donors (Lipinski definition) is 1. The van der Waals surface area contributed by atoms with Crippen LogP contribution in [0.4, 0.5) is 23.7 Å². The highest BCUT2D eigenvalue weighted by Gasteiger charge is 2.30. The monoisotopic (exact) mass is 512 g/mol. The van der Waals surface area contributed by atoms with Crippen molar-refractivity contribution >= 4 is 24.6 Å². The van der Waals surface area contributed by atoms with Gasteiger partial charge in [0, 0.05) is 12.6 Å². The third-order valence-corrected chi connectivity index (χ3v) is 4.31. The number of nitrogens with one attached hydrogen (secondary N) is 1. The summed E-state index contributed by atoms with van der Waals surface area (Å²) in [6.07, 6.45) is -2.21. The van der Waals surface area contributed by atoms with E-state index in [1.807, 2.05) is 6.92 Å². The van der Waals surface area contributed by atoms with E-state index in [1.165, 1.54) is 25.3 Å². The highest BCUT2D eigenvalue weighted by molar-refractivity contribution is 5.80. The second-order valence-corrected chi connectivity index (χ2v) is 8.38. The molecule has 0 fully saturated rings. The number of rotatable bonds is 9. The molecule has 1 N–H and O–H groups in total. The van der Waals surface area contributed by atoms with Gasteiger partial charge in [-0.15, -0.1) is 0 Å². The molecular formula is C25H31F3N2O6. The zero-order chi connectivity index (χ0) is 27.4. The van der Waals surface area contributed by atoms with Gasteiger partial charge in [-0.3, -0.25) is 14.5 Å². The smallest absolute Gasteiger partial charge is 0.416 e. The van der Waals surface area contributed by atoms with Crippen LogP contribution in [0.25, 0.3) is 0 Å². The van der Waals surface area contributed by atoms with Crippen LogP contribution in [0.15, 0.2) is 42.5 Å². The van der Waals surface area contributed by atoms with Crippen molar-refractivity contribution in [2.45, 2.75) is 52.3 Å². The van der Waals surface area contributed by atoms with Gasteiger partial charge in [0.1, 0.15) is 22.8 Å². The topological polar surface area (TPSA) is 94.2 Å². The average molecular weight is 513 g/mol. The number of amides is 3. The number of carbonyl (C=O) groups excluding carboxylic acids is 3. The Hall–Kier alpha value is -3.76. The quantitative estimate of drug-likeness (QED) is 0.399. The van der Waals surface area contributed by atoms with Gasteiger partial charge < -0.3 is 19.5 Å². The van der Waals surface area contributed by atoms with Crippen LogP contribution in [0.5, 0.6) is 17.2 Å². The highest BCUT2D eigenvalue weighted by atomic mass is 19.4. The van der Waals surface area contributed by atoms with Gasteiger partial charge in [-0.05, 0) is 63.6 Å². The Morgan fingerprint density at radius 3 is 2.11 bits per heavy atom. The van der Waals surface area contributed by atoms with E-state index in [0.29, 0.717) is 36.6 Å². The van der Waals surface area contributed by atoms with Crippen LogP contribution >= 0.6 is 0 Å². The summed E-state index contributed by atoms with van der Waals surface area (Å²) in [5.41, 5.74) is -0.912. The molecule has 36 heavy (non-hydrogen) atoms. The normalized spacial score (nSPS) is 10.9. The first-order valence-electron chi connectivity index (χ1n) is 11.0. The largest absolute Gasteiger partial charge is 0.495 e. The molecule has 0 aliphatic carbocycles. The maximum atomic E-state index is 12.5. The molecule has 2 aromatic rings. The van der Waals surface area contributed by atoms with Crippen molar-refractivity contribution in [2.75, 3.05) is 19.0 Å². The Bertz CT molecular complexity index is 989. The minimum Gasteiger partial charge on any atom is -0.495 e. The van der Waals surface area contributed by atoms with Gasteiger partial charge in [-0.25, -0.2) is 4.79 Å². The summed E-state index contributed by atoms with van der Waals surface area (Å²) in [6, 6.07) is 8.97. The van der Waals surface area contributed by atoms with Crippen molar-refractivity contribution < 1.29 is 41.8 Å². The van der Waals surface area contributed by atoms with Gasteiger partial charge in [0.15, 0.2) is 0 Å². The molecule has 2 rings (SSSR count). The third kappa shape index (κ3) is 10.7. The van der Waals surface area contributed by atoms with Gasteiger partial charge in [-0.2, -0.15) is 13.2 Å². The van der Waals surface area contributed by atoms with Gasteiger partial charge in [0.25, 0.3) is 0 Å². The molecule has 0 aromatic heterocycles. The number of methoxy groups -OCH3 is 1. The van der Waals surface area contributed by atoms with Gasteiger partial charge in [0.05, 0.1) is 18.4 Å². The molecule has 0 aliphatic rings. The first-order valence-corrected chi connectivity index (χ1v) is 11.0. The summed E-state index contributed by atoms with van der Waals surface area (Å²) < 4.78 is 53.0. The van der Waals surface area contributed by atoms with E-state index in [2.05, 4.69) is 5.32 Å². The predicted molar refractivity (Wildman–Crippen MR) is 128 cm³/mol. The van der Waals surface area contributed by atoms with Crippen LogP contribution in [-0.4, -0.2) is 43.1 Å². The van der Waals surface area contributed by atoms with E-state index in [-0.39, 0.29) is 5.75 Å². The number of nitrogens with zero attached hydrogens (tertiary/aromatic N) is 1. The maximum Gasteiger partial charge on any atom is 0.416 e. The maximum absolute atomic E-state index is 12.5. The number of benzene rings is 2. The lowest BCUT2D eigenvalue weighted by Gasteiger charge is -2.23. The van der Waals surface area contributed by atoms with E-state index < -0.39 is 23.4 Å².